The number of hydrogen-bond donors (Lipinski definition) is 3. The smallest absolute Gasteiger partial charge is 0.229 e. The molecular weight excluding hydrogens is 384 g/mol. The quantitative estimate of drug-likeness (QED) is 0.397. The van der Waals surface area contributed by atoms with Gasteiger partial charge in [-0.15, -0.1) is 0 Å². The molecule has 1 aromatic heterocycles. The molecule has 5 rings (SSSR count). The maximum Gasteiger partial charge on any atom is 0.229 e. The van der Waals surface area contributed by atoms with Crippen LogP contribution in [-0.2, 0) is 0 Å². The van der Waals surface area contributed by atoms with Crippen LogP contribution in [0.25, 0.3) is 0 Å². The minimum Gasteiger partial charge on any atom is -0.383 e. The van der Waals surface area contributed by atoms with Gasteiger partial charge in [0.2, 0.25) is 5.95 Å². The third kappa shape index (κ3) is 4.43. The van der Waals surface area contributed by atoms with Crippen molar-refractivity contribution in [2.45, 2.75) is 59.5 Å². The van der Waals surface area contributed by atoms with Crippen LogP contribution in [0.15, 0.2) is 48.5 Å². The fraction of sp³-hybridized carbons (Fsp3) is 0.360. The number of anilines is 7. The van der Waals surface area contributed by atoms with Crippen molar-refractivity contribution in [2.75, 3.05) is 20.9 Å². The maximum absolute atomic E-state index is 4.92. The zero-order chi connectivity index (χ0) is 22.0. The molecule has 3 N–H and O–H groups in total. The van der Waals surface area contributed by atoms with Crippen LogP contribution in [0.3, 0.4) is 0 Å². The Labute approximate surface area is 185 Å². The first kappa shape index (κ1) is 21.0. The minimum atomic E-state index is 0.286. The van der Waals surface area contributed by atoms with Gasteiger partial charge >= 0.3 is 0 Å². The number of hydrogen-bond acceptors (Lipinski definition) is 6. The number of nitrogens with one attached hydrogen (secondary N) is 3. The first-order chi connectivity index (χ1) is 15.0. The van der Waals surface area contributed by atoms with Gasteiger partial charge in [0.25, 0.3) is 0 Å². The van der Waals surface area contributed by atoms with Gasteiger partial charge in [0.05, 0.1) is 5.69 Å². The highest BCUT2D eigenvalue weighted by Crippen LogP contribution is 2.39. The normalized spacial score (nSPS) is 14.2. The Hall–Kier alpha value is -3.28. The zero-order valence-corrected chi connectivity index (χ0v) is 19.0. The fourth-order valence-electron chi connectivity index (χ4n) is 3.72. The van der Waals surface area contributed by atoms with Crippen LogP contribution in [0.1, 0.15) is 46.2 Å². The SMILES string of the molecule is CCC(C)Nc1ccc(Nc2c(C)nc3nc2N(C(C)CC)c2ccc(cc2)N3)cc1. The molecule has 2 unspecified atom stereocenters. The second kappa shape index (κ2) is 8.84. The lowest BCUT2D eigenvalue weighted by Gasteiger charge is -2.31. The molecule has 4 bridgehead atoms. The Morgan fingerprint density at radius 2 is 1.58 bits per heavy atom. The van der Waals surface area contributed by atoms with E-state index in [2.05, 4.69) is 97.1 Å². The van der Waals surface area contributed by atoms with Gasteiger partial charge < -0.3 is 20.9 Å². The predicted molar refractivity (Wildman–Crippen MR) is 131 cm³/mol. The van der Waals surface area contributed by atoms with E-state index < -0.39 is 0 Å². The molecule has 0 radical (unpaired) electrons. The molecule has 2 aliphatic heterocycles. The van der Waals surface area contributed by atoms with Crippen molar-refractivity contribution in [1.29, 1.82) is 0 Å². The van der Waals surface area contributed by atoms with Crippen LogP contribution in [-0.4, -0.2) is 22.1 Å². The van der Waals surface area contributed by atoms with Crippen LogP contribution in [0.2, 0.25) is 0 Å². The highest BCUT2D eigenvalue weighted by Gasteiger charge is 2.24. The van der Waals surface area contributed by atoms with E-state index in [1.807, 2.05) is 6.92 Å². The first-order valence-electron chi connectivity index (χ1n) is 11.2. The average molecular weight is 417 g/mol. The third-order valence-electron chi connectivity index (χ3n) is 5.91. The van der Waals surface area contributed by atoms with Gasteiger partial charge in [0, 0.05) is 34.8 Å². The number of aromatic nitrogens is 2. The third-order valence-corrected chi connectivity index (χ3v) is 5.91. The highest BCUT2D eigenvalue weighted by atomic mass is 15.3. The van der Waals surface area contributed by atoms with E-state index in [0.29, 0.717) is 12.0 Å². The molecule has 6 heteroatoms. The highest BCUT2D eigenvalue weighted by molar-refractivity contribution is 5.81. The van der Waals surface area contributed by atoms with Crippen LogP contribution in [0.4, 0.5) is 40.2 Å². The van der Waals surface area contributed by atoms with Gasteiger partial charge in [0.15, 0.2) is 5.82 Å². The van der Waals surface area contributed by atoms with E-state index in [4.69, 9.17) is 9.97 Å². The summed E-state index contributed by atoms with van der Waals surface area (Å²) in [7, 11) is 0. The Balaban J connectivity index is 1.73. The van der Waals surface area contributed by atoms with Crippen molar-refractivity contribution < 1.29 is 0 Å². The molecule has 2 aromatic carbocycles. The van der Waals surface area contributed by atoms with Crippen molar-refractivity contribution in [3.8, 4) is 0 Å². The van der Waals surface area contributed by atoms with Crippen LogP contribution < -0.4 is 20.9 Å². The molecule has 2 aliphatic rings. The van der Waals surface area contributed by atoms with Gasteiger partial charge in [-0.2, -0.15) is 4.98 Å². The Morgan fingerprint density at radius 1 is 0.903 bits per heavy atom. The van der Waals surface area contributed by atoms with Crippen molar-refractivity contribution in [1.82, 2.24) is 9.97 Å². The molecule has 31 heavy (non-hydrogen) atoms. The maximum atomic E-state index is 4.92. The van der Waals surface area contributed by atoms with Crippen LogP contribution in [0.5, 0.6) is 0 Å². The van der Waals surface area contributed by atoms with Gasteiger partial charge in [-0.1, -0.05) is 13.8 Å². The predicted octanol–water partition coefficient (Wildman–Crippen LogP) is 6.73. The molecule has 3 aromatic rings. The largest absolute Gasteiger partial charge is 0.383 e. The van der Waals surface area contributed by atoms with E-state index in [9.17, 15) is 0 Å². The lowest BCUT2D eigenvalue weighted by molar-refractivity contribution is 0.681. The van der Waals surface area contributed by atoms with E-state index in [1.54, 1.807) is 0 Å². The van der Waals surface area contributed by atoms with Crippen molar-refractivity contribution in [2.24, 2.45) is 0 Å². The molecule has 0 saturated carbocycles. The van der Waals surface area contributed by atoms with E-state index in [-0.39, 0.29) is 6.04 Å². The van der Waals surface area contributed by atoms with Crippen LogP contribution >= 0.6 is 0 Å². The summed E-state index contributed by atoms with van der Waals surface area (Å²) in [6.07, 6.45) is 2.09. The van der Waals surface area contributed by atoms with Crippen molar-refractivity contribution in [3.05, 3.63) is 54.2 Å². The van der Waals surface area contributed by atoms with Crippen molar-refractivity contribution in [3.63, 3.8) is 0 Å². The Morgan fingerprint density at radius 3 is 2.23 bits per heavy atom. The van der Waals surface area contributed by atoms with Crippen molar-refractivity contribution >= 4 is 40.2 Å². The van der Waals surface area contributed by atoms with Gasteiger partial charge in [0.1, 0.15) is 5.69 Å². The summed E-state index contributed by atoms with van der Waals surface area (Å²) >= 11 is 0. The second-order valence-corrected chi connectivity index (χ2v) is 8.29. The molecule has 0 aliphatic carbocycles. The lowest BCUT2D eigenvalue weighted by Crippen LogP contribution is -2.29. The molecule has 0 spiro atoms. The Bertz CT molecular complexity index is 1030. The topological polar surface area (TPSA) is 65.1 Å². The van der Waals surface area contributed by atoms with E-state index >= 15 is 0 Å². The summed E-state index contributed by atoms with van der Waals surface area (Å²) in [6, 6.07) is 17.6. The molecule has 3 heterocycles. The standard InChI is InChI=1S/C25H32N6/c1-6-16(3)26-19-8-10-20(11-9-19)28-23-18(5)27-25-29-21-12-14-22(15-13-21)31(17(4)7-2)24(23)30-25/h8-17,26,28H,6-7H2,1-5H3,(H,27,29,30). The molecule has 0 saturated heterocycles. The van der Waals surface area contributed by atoms with Gasteiger partial charge in [-0.3, -0.25) is 0 Å². The molecule has 2 atom stereocenters. The number of nitrogens with zero attached hydrogens (tertiary/aromatic N) is 3. The van der Waals surface area contributed by atoms with E-state index in [0.717, 1.165) is 52.8 Å². The summed E-state index contributed by atoms with van der Waals surface area (Å²) in [4.78, 5) is 11.9. The minimum absolute atomic E-state index is 0.286. The summed E-state index contributed by atoms with van der Waals surface area (Å²) in [5.74, 6) is 1.51. The van der Waals surface area contributed by atoms with E-state index in [1.165, 1.54) is 0 Å². The molecular formula is C25H32N6. The summed E-state index contributed by atoms with van der Waals surface area (Å²) in [5.41, 5.74) is 6.09. The summed E-state index contributed by atoms with van der Waals surface area (Å²) in [5, 5.41) is 10.4. The lowest BCUT2D eigenvalue weighted by atomic mass is 10.1. The van der Waals surface area contributed by atoms with Gasteiger partial charge in [-0.05, 0) is 82.1 Å². The number of fused-ring (bicyclic) bond motifs is 2. The molecule has 162 valence electrons. The molecule has 6 nitrogen and oxygen atoms in total. The van der Waals surface area contributed by atoms with Gasteiger partial charge in [-0.25, -0.2) is 4.98 Å². The zero-order valence-electron chi connectivity index (χ0n) is 19.0. The summed E-state index contributed by atoms with van der Waals surface area (Å²) in [6.45, 7) is 10.8. The second-order valence-electron chi connectivity index (χ2n) is 8.29. The summed E-state index contributed by atoms with van der Waals surface area (Å²) < 4.78 is 0. The number of benzene rings is 2. The molecule has 0 fully saturated rings. The first-order valence-corrected chi connectivity index (χ1v) is 11.2. The average Bonchev–Trinajstić information content (AvgIpc) is 2.87. The Kier molecular flexibility index (Phi) is 5.98. The number of rotatable bonds is 7. The number of aryl methyl sites for hydroxylation is 1. The fourth-order valence-corrected chi connectivity index (χ4v) is 3.72. The molecule has 0 amide bonds. The monoisotopic (exact) mass is 416 g/mol. The van der Waals surface area contributed by atoms with Crippen LogP contribution in [0, 0.1) is 6.92 Å².